The van der Waals surface area contributed by atoms with Crippen molar-refractivity contribution < 1.29 is 14.5 Å². The summed E-state index contributed by atoms with van der Waals surface area (Å²) < 4.78 is 5.00. The van der Waals surface area contributed by atoms with Crippen molar-refractivity contribution in [2.45, 2.75) is 0 Å². The molecule has 21 heavy (non-hydrogen) atoms. The van der Waals surface area contributed by atoms with Crippen LogP contribution in [0.5, 0.6) is 5.75 Å². The molecule has 0 aromatic heterocycles. The predicted molar refractivity (Wildman–Crippen MR) is 79.5 cm³/mol. The van der Waals surface area contributed by atoms with Crippen LogP contribution in [-0.4, -0.2) is 10.9 Å². The van der Waals surface area contributed by atoms with Gasteiger partial charge in [-0.2, -0.15) is 0 Å². The molecule has 0 atom stereocenters. The summed E-state index contributed by atoms with van der Waals surface area (Å²) in [6.45, 7) is 0. The van der Waals surface area contributed by atoms with Crippen LogP contribution in [-0.2, 0) is 0 Å². The maximum Gasteiger partial charge on any atom is 0.345 e. The molecule has 0 spiro atoms. The standard InChI is InChI=1S/C13H6Cl3NO4/c14-7-5-10(16)12(11(6-7)17(19)20)21-13(18)8-3-1-2-4-9(8)15/h1-6H. The third-order valence-corrected chi connectivity index (χ3v) is 3.30. The second-order valence-corrected chi connectivity index (χ2v) is 5.11. The molecule has 0 amide bonds. The molecule has 0 saturated carbocycles. The molecular weight excluding hydrogens is 341 g/mol. The van der Waals surface area contributed by atoms with Gasteiger partial charge in [0, 0.05) is 11.1 Å². The number of rotatable bonds is 3. The minimum atomic E-state index is -0.854. The molecule has 0 radical (unpaired) electrons. The van der Waals surface area contributed by atoms with Crippen molar-refractivity contribution >= 4 is 46.5 Å². The summed E-state index contributed by atoms with van der Waals surface area (Å²) in [6.07, 6.45) is 0. The fourth-order valence-corrected chi connectivity index (χ4v) is 2.29. The molecule has 0 N–H and O–H groups in total. The van der Waals surface area contributed by atoms with Gasteiger partial charge < -0.3 is 4.74 Å². The number of carbonyl (C=O) groups excluding carboxylic acids is 1. The minimum absolute atomic E-state index is 0.0595. The van der Waals surface area contributed by atoms with Gasteiger partial charge in [-0.05, 0) is 18.2 Å². The second kappa shape index (κ2) is 6.30. The summed E-state index contributed by atoms with van der Waals surface area (Å²) in [4.78, 5) is 22.3. The Labute approximate surface area is 134 Å². The van der Waals surface area contributed by atoms with Gasteiger partial charge in [-0.3, -0.25) is 10.1 Å². The Bertz CT molecular complexity index is 733. The van der Waals surface area contributed by atoms with E-state index in [1.165, 1.54) is 18.2 Å². The molecule has 0 fully saturated rings. The van der Waals surface area contributed by atoms with E-state index in [2.05, 4.69) is 0 Å². The van der Waals surface area contributed by atoms with Crippen LogP contribution in [0.1, 0.15) is 10.4 Å². The normalized spacial score (nSPS) is 10.2. The minimum Gasteiger partial charge on any atom is -0.414 e. The van der Waals surface area contributed by atoms with Crippen LogP contribution < -0.4 is 4.74 Å². The zero-order chi connectivity index (χ0) is 15.6. The summed E-state index contributed by atoms with van der Waals surface area (Å²) >= 11 is 17.4. The Balaban J connectivity index is 2.42. The molecule has 2 rings (SSSR count). The third-order valence-electron chi connectivity index (χ3n) is 2.47. The van der Waals surface area contributed by atoms with Crippen LogP contribution in [0, 0.1) is 10.1 Å². The van der Waals surface area contributed by atoms with Gasteiger partial charge in [0.2, 0.25) is 5.75 Å². The Morgan fingerprint density at radius 1 is 1.10 bits per heavy atom. The van der Waals surface area contributed by atoms with Gasteiger partial charge in [0.1, 0.15) is 0 Å². The summed E-state index contributed by atoms with van der Waals surface area (Å²) in [5, 5.41) is 11.1. The molecule has 5 nitrogen and oxygen atoms in total. The molecule has 0 heterocycles. The number of hydrogen-bond donors (Lipinski definition) is 0. The zero-order valence-electron chi connectivity index (χ0n) is 10.2. The van der Waals surface area contributed by atoms with Crippen LogP contribution in [0.15, 0.2) is 36.4 Å². The molecule has 0 aliphatic carbocycles. The van der Waals surface area contributed by atoms with Crippen LogP contribution in [0.25, 0.3) is 0 Å². The van der Waals surface area contributed by atoms with Crippen LogP contribution in [0.2, 0.25) is 15.1 Å². The van der Waals surface area contributed by atoms with Gasteiger partial charge >= 0.3 is 11.7 Å². The Morgan fingerprint density at radius 2 is 1.76 bits per heavy atom. The monoisotopic (exact) mass is 345 g/mol. The van der Waals surface area contributed by atoms with Gasteiger partial charge in [-0.1, -0.05) is 46.9 Å². The van der Waals surface area contributed by atoms with E-state index < -0.39 is 16.6 Å². The van der Waals surface area contributed by atoms with Crippen molar-refractivity contribution in [1.29, 1.82) is 0 Å². The molecule has 2 aromatic rings. The van der Waals surface area contributed by atoms with Gasteiger partial charge in [-0.25, -0.2) is 4.79 Å². The van der Waals surface area contributed by atoms with Crippen molar-refractivity contribution in [2.75, 3.05) is 0 Å². The first-order valence-corrected chi connectivity index (χ1v) is 6.63. The lowest BCUT2D eigenvalue weighted by atomic mass is 10.2. The lowest BCUT2D eigenvalue weighted by Crippen LogP contribution is -2.10. The fraction of sp³-hybridized carbons (Fsp3) is 0. The van der Waals surface area contributed by atoms with Crippen molar-refractivity contribution in [3.8, 4) is 5.75 Å². The summed E-state index contributed by atoms with van der Waals surface area (Å²) in [5.74, 6) is -1.23. The van der Waals surface area contributed by atoms with Crippen LogP contribution in [0.3, 0.4) is 0 Å². The van der Waals surface area contributed by atoms with Crippen molar-refractivity contribution in [3.63, 3.8) is 0 Å². The highest BCUT2D eigenvalue weighted by Crippen LogP contribution is 2.38. The van der Waals surface area contributed by atoms with Gasteiger partial charge in [0.25, 0.3) is 0 Å². The van der Waals surface area contributed by atoms with Crippen molar-refractivity contribution in [1.82, 2.24) is 0 Å². The van der Waals surface area contributed by atoms with Crippen LogP contribution >= 0.6 is 34.8 Å². The summed E-state index contributed by atoms with van der Waals surface area (Å²) in [7, 11) is 0. The number of nitro groups is 1. The van der Waals surface area contributed by atoms with E-state index in [0.29, 0.717) is 0 Å². The van der Waals surface area contributed by atoms with E-state index in [0.717, 1.165) is 6.07 Å². The highest BCUT2D eigenvalue weighted by atomic mass is 35.5. The van der Waals surface area contributed by atoms with E-state index in [1.807, 2.05) is 0 Å². The topological polar surface area (TPSA) is 69.4 Å². The number of esters is 1. The number of nitro benzene ring substituents is 1. The van der Waals surface area contributed by atoms with E-state index in [-0.39, 0.29) is 26.4 Å². The molecule has 0 saturated heterocycles. The first-order chi connectivity index (χ1) is 9.90. The van der Waals surface area contributed by atoms with Gasteiger partial charge in [-0.15, -0.1) is 0 Å². The smallest absolute Gasteiger partial charge is 0.345 e. The Hall–Kier alpha value is -1.82. The second-order valence-electron chi connectivity index (χ2n) is 3.86. The molecular formula is C13H6Cl3NO4. The zero-order valence-corrected chi connectivity index (χ0v) is 12.4. The molecule has 0 aliphatic heterocycles. The number of ether oxygens (including phenoxy) is 1. The lowest BCUT2D eigenvalue weighted by molar-refractivity contribution is -0.385. The van der Waals surface area contributed by atoms with E-state index in [1.54, 1.807) is 12.1 Å². The first-order valence-electron chi connectivity index (χ1n) is 5.50. The van der Waals surface area contributed by atoms with Gasteiger partial charge in [0.15, 0.2) is 0 Å². The number of halogens is 3. The van der Waals surface area contributed by atoms with Crippen molar-refractivity contribution in [3.05, 3.63) is 67.1 Å². The van der Waals surface area contributed by atoms with Crippen LogP contribution in [0.4, 0.5) is 5.69 Å². The number of carbonyl (C=O) groups is 1. The Morgan fingerprint density at radius 3 is 2.38 bits per heavy atom. The molecule has 2 aromatic carbocycles. The predicted octanol–water partition coefficient (Wildman–Crippen LogP) is 4.77. The molecule has 8 heteroatoms. The lowest BCUT2D eigenvalue weighted by Gasteiger charge is -2.08. The van der Waals surface area contributed by atoms with E-state index in [4.69, 9.17) is 39.5 Å². The maximum absolute atomic E-state index is 12.0. The molecule has 0 unspecified atom stereocenters. The number of benzene rings is 2. The SMILES string of the molecule is O=C(Oc1c(Cl)cc(Cl)cc1[N+](=O)[O-])c1ccccc1Cl. The van der Waals surface area contributed by atoms with Gasteiger partial charge in [0.05, 0.1) is 20.5 Å². The molecule has 108 valence electrons. The average Bonchev–Trinajstić information content (AvgIpc) is 2.41. The number of nitrogens with zero attached hydrogens (tertiary/aromatic N) is 1. The first kappa shape index (κ1) is 15.6. The maximum atomic E-state index is 12.0. The summed E-state index contributed by atoms with van der Waals surface area (Å²) in [5.41, 5.74) is -0.438. The Kier molecular flexibility index (Phi) is 4.67. The molecule has 0 aliphatic rings. The fourth-order valence-electron chi connectivity index (χ4n) is 1.56. The number of hydrogen-bond acceptors (Lipinski definition) is 4. The third kappa shape index (κ3) is 3.44. The van der Waals surface area contributed by atoms with Crippen molar-refractivity contribution in [2.24, 2.45) is 0 Å². The highest BCUT2D eigenvalue weighted by molar-refractivity contribution is 6.36. The largest absolute Gasteiger partial charge is 0.414 e. The van der Waals surface area contributed by atoms with E-state index in [9.17, 15) is 14.9 Å². The highest BCUT2D eigenvalue weighted by Gasteiger charge is 2.24. The quantitative estimate of drug-likeness (QED) is 0.347. The van der Waals surface area contributed by atoms with E-state index >= 15 is 0 Å². The molecule has 0 bridgehead atoms. The summed E-state index contributed by atoms with van der Waals surface area (Å²) in [6, 6.07) is 8.43. The average molecular weight is 347 g/mol.